The molecule has 0 amide bonds. The summed E-state index contributed by atoms with van der Waals surface area (Å²) < 4.78 is 2.07. The van der Waals surface area contributed by atoms with Crippen molar-refractivity contribution in [1.82, 2.24) is 15.1 Å². The zero-order valence-corrected chi connectivity index (χ0v) is 11.7. The Balaban J connectivity index is 1.82. The third-order valence-electron chi connectivity index (χ3n) is 3.91. The molecule has 1 fully saturated rings. The monoisotopic (exact) mass is 255 g/mol. The molecule has 3 heteroatoms. The first-order valence-electron chi connectivity index (χ1n) is 7.06. The first-order chi connectivity index (χ1) is 9.22. The quantitative estimate of drug-likeness (QED) is 0.914. The molecule has 1 atom stereocenters. The van der Waals surface area contributed by atoms with Crippen LogP contribution in [0.4, 0.5) is 0 Å². The van der Waals surface area contributed by atoms with Gasteiger partial charge in [0.15, 0.2) is 0 Å². The number of hydrogen-bond acceptors (Lipinski definition) is 2. The van der Waals surface area contributed by atoms with Crippen molar-refractivity contribution in [1.29, 1.82) is 0 Å². The minimum Gasteiger partial charge on any atom is -0.312 e. The number of nitrogens with one attached hydrogen (secondary N) is 1. The van der Waals surface area contributed by atoms with Gasteiger partial charge in [0.25, 0.3) is 0 Å². The van der Waals surface area contributed by atoms with E-state index in [0.717, 1.165) is 13.1 Å². The van der Waals surface area contributed by atoms with Gasteiger partial charge in [-0.05, 0) is 44.4 Å². The molecule has 1 aromatic carbocycles. The number of hydrogen-bond donors (Lipinski definition) is 1. The molecule has 1 unspecified atom stereocenters. The molecule has 0 radical (unpaired) electrons. The molecule has 1 aromatic heterocycles. The van der Waals surface area contributed by atoms with Crippen LogP contribution in [0.25, 0.3) is 11.1 Å². The standard InChI is InChI=1S/C16H21N3/c1-12-5-6-13(2)16(8-12)14-9-18-19(10-14)11-15-4-3-7-17-15/h5-6,8-10,15,17H,3-4,7,11H2,1-2H3. The second-order valence-corrected chi connectivity index (χ2v) is 5.56. The molecule has 3 nitrogen and oxygen atoms in total. The van der Waals surface area contributed by atoms with Crippen molar-refractivity contribution in [3.05, 3.63) is 41.7 Å². The van der Waals surface area contributed by atoms with E-state index >= 15 is 0 Å². The zero-order valence-electron chi connectivity index (χ0n) is 11.7. The highest BCUT2D eigenvalue weighted by Gasteiger charge is 2.15. The molecule has 2 heterocycles. The van der Waals surface area contributed by atoms with Crippen LogP contribution in [0.1, 0.15) is 24.0 Å². The molecule has 1 saturated heterocycles. The Hall–Kier alpha value is -1.61. The molecule has 2 aromatic rings. The van der Waals surface area contributed by atoms with E-state index in [2.05, 4.69) is 53.3 Å². The van der Waals surface area contributed by atoms with Gasteiger partial charge in [0.1, 0.15) is 0 Å². The van der Waals surface area contributed by atoms with E-state index in [-0.39, 0.29) is 0 Å². The molecule has 1 aliphatic rings. The van der Waals surface area contributed by atoms with E-state index in [1.807, 2.05) is 6.20 Å². The number of benzene rings is 1. The highest BCUT2D eigenvalue weighted by atomic mass is 15.3. The molecule has 100 valence electrons. The van der Waals surface area contributed by atoms with E-state index in [9.17, 15) is 0 Å². The summed E-state index contributed by atoms with van der Waals surface area (Å²) in [5.41, 5.74) is 5.12. The zero-order chi connectivity index (χ0) is 13.2. The molecule has 0 saturated carbocycles. The van der Waals surface area contributed by atoms with Gasteiger partial charge in [-0.3, -0.25) is 4.68 Å². The molecular weight excluding hydrogens is 234 g/mol. The topological polar surface area (TPSA) is 29.9 Å². The SMILES string of the molecule is Cc1ccc(C)c(-c2cnn(CC3CCCN3)c2)c1. The summed E-state index contributed by atoms with van der Waals surface area (Å²) in [6.07, 6.45) is 6.70. The number of aryl methyl sites for hydroxylation is 2. The van der Waals surface area contributed by atoms with Crippen LogP contribution in [0.2, 0.25) is 0 Å². The smallest absolute Gasteiger partial charge is 0.0568 e. The third-order valence-corrected chi connectivity index (χ3v) is 3.91. The van der Waals surface area contributed by atoms with Crippen molar-refractivity contribution < 1.29 is 0 Å². The Labute approximate surface area is 114 Å². The summed E-state index contributed by atoms with van der Waals surface area (Å²) in [7, 11) is 0. The summed E-state index contributed by atoms with van der Waals surface area (Å²) in [5.74, 6) is 0. The molecule has 0 aliphatic carbocycles. The van der Waals surface area contributed by atoms with Crippen LogP contribution in [0.15, 0.2) is 30.6 Å². The lowest BCUT2D eigenvalue weighted by molar-refractivity contribution is 0.476. The Morgan fingerprint density at radius 2 is 2.26 bits per heavy atom. The van der Waals surface area contributed by atoms with Gasteiger partial charge in [-0.2, -0.15) is 5.10 Å². The van der Waals surface area contributed by atoms with Crippen LogP contribution in [0.5, 0.6) is 0 Å². The Morgan fingerprint density at radius 3 is 3.05 bits per heavy atom. The van der Waals surface area contributed by atoms with Gasteiger partial charge in [0, 0.05) is 17.8 Å². The van der Waals surface area contributed by atoms with Crippen LogP contribution < -0.4 is 5.32 Å². The highest BCUT2D eigenvalue weighted by Crippen LogP contribution is 2.24. The van der Waals surface area contributed by atoms with Crippen molar-refractivity contribution in [2.45, 2.75) is 39.3 Å². The number of nitrogens with zero attached hydrogens (tertiary/aromatic N) is 2. The second kappa shape index (κ2) is 5.17. The Bertz CT molecular complexity index is 565. The molecule has 3 rings (SSSR count). The largest absolute Gasteiger partial charge is 0.312 e. The fourth-order valence-electron chi connectivity index (χ4n) is 2.79. The first-order valence-corrected chi connectivity index (χ1v) is 7.06. The van der Waals surface area contributed by atoms with Crippen LogP contribution in [-0.2, 0) is 6.54 Å². The van der Waals surface area contributed by atoms with Gasteiger partial charge in [-0.15, -0.1) is 0 Å². The Kier molecular flexibility index (Phi) is 3.38. The summed E-state index contributed by atoms with van der Waals surface area (Å²) >= 11 is 0. The molecule has 0 spiro atoms. The molecular formula is C16H21N3. The lowest BCUT2D eigenvalue weighted by atomic mass is 10.0. The Morgan fingerprint density at radius 1 is 1.37 bits per heavy atom. The minimum atomic E-state index is 0.589. The maximum absolute atomic E-state index is 4.50. The van der Waals surface area contributed by atoms with Gasteiger partial charge in [0.05, 0.1) is 12.7 Å². The van der Waals surface area contributed by atoms with Crippen molar-refractivity contribution in [3.8, 4) is 11.1 Å². The predicted molar refractivity (Wildman–Crippen MR) is 78.2 cm³/mol. The first kappa shape index (κ1) is 12.4. The van der Waals surface area contributed by atoms with E-state index < -0.39 is 0 Å². The van der Waals surface area contributed by atoms with Crippen LogP contribution in [-0.4, -0.2) is 22.4 Å². The van der Waals surface area contributed by atoms with Crippen LogP contribution in [0.3, 0.4) is 0 Å². The van der Waals surface area contributed by atoms with Gasteiger partial charge in [0.2, 0.25) is 0 Å². The normalized spacial score (nSPS) is 18.9. The molecule has 19 heavy (non-hydrogen) atoms. The number of rotatable bonds is 3. The van der Waals surface area contributed by atoms with Gasteiger partial charge in [-0.1, -0.05) is 23.8 Å². The molecule has 0 bridgehead atoms. The van der Waals surface area contributed by atoms with Gasteiger partial charge >= 0.3 is 0 Å². The van der Waals surface area contributed by atoms with Crippen molar-refractivity contribution in [2.75, 3.05) is 6.54 Å². The predicted octanol–water partition coefficient (Wildman–Crippen LogP) is 2.92. The average molecular weight is 255 g/mol. The van der Waals surface area contributed by atoms with E-state index in [4.69, 9.17) is 0 Å². The van der Waals surface area contributed by atoms with Crippen LogP contribution in [0, 0.1) is 13.8 Å². The lowest BCUT2D eigenvalue weighted by Gasteiger charge is -2.09. The minimum absolute atomic E-state index is 0.589. The fraction of sp³-hybridized carbons (Fsp3) is 0.438. The third kappa shape index (κ3) is 2.71. The fourth-order valence-corrected chi connectivity index (χ4v) is 2.79. The average Bonchev–Trinajstić information content (AvgIpc) is 3.04. The lowest BCUT2D eigenvalue weighted by Crippen LogP contribution is -2.26. The summed E-state index contributed by atoms with van der Waals surface area (Å²) in [6, 6.07) is 7.17. The molecule has 1 N–H and O–H groups in total. The summed E-state index contributed by atoms with van der Waals surface area (Å²) in [4.78, 5) is 0. The maximum atomic E-state index is 4.50. The van der Waals surface area contributed by atoms with Crippen molar-refractivity contribution >= 4 is 0 Å². The summed E-state index contributed by atoms with van der Waals surface area (Å²) in [6.45, 7) is 6.42. The van der Waals surface area contributed by atoms with Crippen LogP contribution >= 0.6 is 0 Å². The molecule has 1 aliphatic heterocycles. The highest BCUT2D eigenvalue weighted by molar-refractivity contribution is 5.66. The van der Waals surface area contributed by atoms with Crippen molar-refractivity contribution in [3.63, 3.8) is 0 Å². The van der Waals surface area contributed by atoms with Gasteiger partial charge in [-0.25, -0.2) is 0 Å². The second-order valence-electron chi connectivity index (χ2n) is 5.56. The van der Waals surface area contributed by atoms with E-state index in [1.165, 1.54) is 35.1 Å². The summed E-state index contributed by atoms with van der Waals surface area (Å²) in [5, 5.41) is 8.02. The maximum Gasteiger partial charge on any atom is 0.0568 e. The number of aromatic nitrogens is 2. The van der Waals surface area contributed by atoms with Gasteiger partial charge < -0.3 is 5.32 Å². The van der Waals surface area contributed by atoms with E-state index in [0.29, 0.717) is 6.04 Å². The van der Waals surface area contributed by atoms with E-state index in [1.54, 1.807) is 0 Å². The van der Waals surface area contributed by atoms with Crippen molar-refractivity contribution in [2.24, 2.45) is 0 Å².